The summed E-state index contributed by atoms with van der Waals surface area (Å²) in [4.78, 5) is 9.26. The van der Waals surface area contributed by atoms with E-state index in [4.69, 9.17) is 0 Å². The zero-order chi connectivity index (χ0) is 16.1. The van der Waals surface area contributed by atoms with E-state index in [2.05, 4.69) is 58.1 Å². The Bertz CT molecular complexity index is 615. The van der Waals surface area contributed by atoms with Gasteiger partial charge in [-0.3, -0.25) is 9.80 Å². The predicted octanol–water partition coefficient (Wildman–Crippen LogP) is 2.53. The molecule has 1 aliphatic heterocycles. The van der Waals surface area contributed by atoms with Crippen LogP contribution in [0.5, 0.6) is 0 Å². The second-order valence-electron chi connectivity index (χ2n) is 6.42. The average Bonchev–Trinajstić information content (AvgIpc) is 3.20. The molecule has 1 saturated heterocycles. The molecule has 1 aromatic carbocycles. The topological polar surface area (TPSA) is 37.2 Å². The minimum atomic E-state index is 0.825. The lowest BCUT2D eigenvalue weighted by molar-refractivity contribution is 0.295. The zero-order valence-electron chi connectivity index (χ0n) is 14.3. The van der Waals surface area contributed by atoms with E-state index in [0.717, 1.165) is 32.0 Å². The lowest BCUT2D eigenvalue weighted by atomic mass is 10.1. The maximum atomic E-state index is 4.38. The summed E-state index contributed by atoms with van der Waals surface area (Å²) in [5, 5.41) is 4.25. The molecule has 23 heavy (non-hydrogen) atoms. The van der Waals surface area contributed by atoms with E-state index < -0.39 is 0 Å². The molecule has 124 valence electrons. The number of aromatic nitrogens is 3. The molecule has 0 bridgehead atoms. The summed E-state index contributed by atoms with van der Waals surface area (Å²) < 4.78 is 1.96. The van der Waals surface area contributed by atoms with Gasteiger partial charge in [-0.05, 0) is 51.0 Å². The highest BCUT2D eigenvalue weighted by atomic mass is 15.3. The molecule has 0 N–H and O–H groups in total. The van der Waals surface area contributed by atoms with Crippen molar-refractivity contribution in [2.24, 2.45) is 0 Å². The van der Waals surface area contributed by atoms with Gasteiger partial charge in [0.2, 0.25) is 0 Å². The van der Waals surface area contributed by atoms with Crippen LogP contribution in [0.15, 0.2) is 30.6 Å². The van der Waals surface area contributed by atoms with Gasteiger partial charge >= 0.3 is 0 Å². The largest absolute Gasteiger partial charge is 0.299 e. The van der Waals surface area contributed by atoms with Crippen molar-refractivity contribution >= 4 is 0 Å². The Morgan fingerprint density at radius 1 is 1.09 bits per heavy atom. The Morgan fingerprint density at radius 3 is 2.57 bits per heavy atom. The smallest absolute Gasteiger partial charge is 0.140 e. The number of aryl methyl sites for hydroxylation is 1. The monoisotopic (exact) mass is 313 g/mol. The van der Waals surface area contributed by atoms with Gasteiger partial charge in [0.05, 0.1) is 6.54 Å². The van der Waals surface area contributed by atoms with Gasteiger partial charge < -0.3 is 0 Å². The van der Waals surface area contributed by atoms with E-state index in [0.29, 0.717) is 0 Å². The first-order chi connectivity index (χ1) is 11.3. The molecule has 0 amide bonds. The van der Waals surface area contributed by atoms with Crippen LogP contribution in [0.4, 0.5) is 0 Å². The third-order valence-electron chi connectivity index (χ3n) is 4.56. The average molecular weight is 313 g/mol. The maximum Gasteiger partial charge on any atom is 0.140 e. The van der Waals surface area contributed by atoms with Crippen LogP contribution in [0, 0.1) is 0 Å². The molecular weight excluding hydrogens is 286 g/mol. The van der Waals surface area contributed by atoms with Gasteiger partial charge in [0.15, 0.2) is 0 Å². The van der Waals surface area contributed by atoms with Crippen LogP contribution in [-0.2, 0) is 26.2 Å². The summed E-state index contributed by atoms with van der Waals surface area (Å²) in [6, 6.07) is 8.83. The molecule has 5 heteroatoms. The molecule has 1 aromatic heterocycles. The summed E-state index contributed by atoms with van der Waals surface area (Å²) in [7, 11) is 2.15. The molecule has 0 spiro atoms. The molecule has 5 nitrogen and oxygen atoms in total. The van der Waals surface area contributed by atoms with E-state index >= 15 is 0 Å². The van der Waals surface area contributed by atoms with Crippen LogP contribution in [0.2, 0.25) is 0 Å². The number of hydrogen-bond donors (Lipinski definition) is 0. The number of rotatable bonds is 7. The molecule has 1 fully saturated rings. The third kappa shape index (κ3) is 4.18. The molecule has 0 atom stereocenters. The first-order valence-electron chi connectivity index (χ1n) is 8.60. The number of hydrogen-bond acceptors (Lipinski definition) is 4. The Kier molecular flexibility index (Phi) is 5.41. The highest BCUT2D eigenvalue weighted by molar-refractivity contribution is 5.27. The van der Waals surface area contributed by atoms with Gasteiger partial charge in [0.25, 0.3) is 0 Å². The van der Waals surface area contributed by atoms with Crippen LogP contribution < -0.4 is 0 Å². The van der Waals surface area contributed by atoms with Gasteiger partial charge in [0.1, 0.15) is 12.2 Å². The van der Waals surface area contributed by atoms with Crippen molar-refractivity contribution < 1.29 is 0 Å². The molecule has 0 saturated carbocycles. The third-order valence-corrected chi connectivity index (χ3v) is 4.56. The van der Waals surface area contributed by atoms with Gasteiger partial charge in [0, 0.05) is 19.6 Å². The van der Waals surface area contributed by atoms with Crippen LogP contribution >= 0.6 is 0 Å². The Balaban J connectivity index is 1.64. The van der Waals surface area contributed by atoms with Gasteiger partial charge in [-0.2, -0.15) is 5.10 Å². The SMILES string of the molecule is CCn1ncnc1CN(C)Cc1ccccc1CN1CCCC1. The van der Waals surface area contributed by atoms with Crippen molar-refractivity contribution in [1.82, 2.24) is 24.6 Å². The van der Waals surface area contributed by atoms with E-state index in [1.54, 1.807) is 6.33 Å². The minimum Gasteiger partial charge on any atom is -0.299 e. The second-order valence-corrected chi connectivity index (χ2v) is 6.42. The van der Waals surface area contributed by atoms with Crippen molar-refractivity contribution in [1.29, 1.82) is 0 Å². The van der Waals surface area contributed by atoms with Gasteiger partial charge in [-0.15, -0.1) is 0 Å². The van der Waals surface area contributed by atoms with Gasteiger partial charge in [-0.25, -0.2) is 9.67 Å². The Morgan fingerprint density at radius 2 is 1.83 bits per heavy atom. The molecular formula is C18H27N5. The van der Waals surface area contributed by atoms with E-state index in [9.17, 15) is 0 Å². The van der Waals surface area contributed by atoms with Crippen molar-refractivity contribution in [3.05, 3.63) is 47.5 Å². The fourth-order valence-corrected chi connectivity index (χ4v) is 3.31. The summed E-state index contributed by atoms with van der Waals surface area (Å²) >= 11 is 0. The molecule has 2 heterocycles. The lowest BCUT2D eigenvalue weighted by Gasteiger charge is -2.21. The number of nitrogens with zero attached hydrogens (tertiary/aromatic N) is 5. The summed E-state index contributed by atoms with van der Waals surface area (Å²) in [6.45, 7) is 8.30. The molecule has 1 aliphatic rings. The minimum absolute atomic E-state index is 0.825. The van der Waals surface area contributed by atoms with E-state index in [1.165, 1.54) is 37.1 Å². The summed E-state index contributed by atoms with van der Waals surface area (Å²) in [6.07, 6.45) is 4.33. The van der Waals surface area contributed by atoms with Crippen molar-refractivity contribution in [2.45, 2.75) is 45.9 Å². The fourth-order valence-electron chi connectivity index (χ4n) is 3.31. The number of likely N-dealkylation sites (tertiary alicyclic amines) is 1. The fraction of sp³-hybridized carbons (Fsp3) is 0.556. The molecule has 0 aliphatic carbocycles. The van der Waals surface area contributed by atoms with Crippen molar-refractivity contribution in [3.63, 3.8) is 0 Å². The molecule has 0 radical (unpaired) electrons. The van der Waals surface area contributed by atoms with Gasteiger partial charge in [-0.1, -0.05) is 24.3 Å². The first-order valence-corrected chi connectivity index (χ1v) is 8.60. The highest BCUT2D eigenvalue weighted by Crippen LogP contribution is 2.17. The highest BCUT2D eigenvalue weighted by Gasteiger charge is 2.14. The Labute approximate surface area is 138 Å². The quantitative estimate of drug-likeness (QED) is 0.787. The Hall–Kier alpha value is -1.72. The number of benzene rings is 1. The molecule has 2 aromatic rings. The first kappa shape index (κ1) is 16.1. The normalized spacial score (nSPS) is 15.6. The predicted molar refractivity (Wildman–Crippen MR) is 91.8 cm³/mol. The van der Waals surface area contributed by atoms with Crippen LogP contribution in [-0.4, -0.2) is 44.7 Å². The van der Waals surface area contributed by atoms with E-state index in [-0.39, 0.29) is 0 Å². The van der Waals surface area contributed by atoms with Crippen molar-refractivity contribution in [3.8, 4) is 0 Å². The lowest BCUT2D eigenvalue weighted by Crippen LogP contribution is -2.23. The van der Waals surface area contributed by atoms with Crippen LogP contribution in [0.3, 0.4) is 0 Å². The second kappa shape index (κ2) is 7.70. The van der Waals surface area contributed by atoms with Crippen molar-refractivity contribution in [2.75, 3.05) is 20.1 Å². The van der Waals surface area contributed by atoms with Crippen LogP contribution in [0.1, 0.15) is 36.7 Å². The van der Waals surface area contributed by atoms with Crippen LogP contribution in [0.25, 0.3) is 0 Å². The molecule has 3 rings (SSSR count). The summed E-state index contributed by atoms with van der Waals surface area (Å²) in [5.41, 5.74) is 2.88. The summed E-state index contributed by atoms with van der Waals surface area (Å²) in [5.74, 6) is 1.03. The maximum absolute atomic E-state index is 4.38. The zero-order valence-corrected chi connectivity index (χ0v) is 14.3. The standard InChI is InChI=1S/C18H27N5/c1-3-23-18(19-15-20-23)14-21(2)12-16-8-4-5-9-17(16)13-22-10-6-7-11-22/h4-5,8-9,15H,3,6-7,10-14H2,1-2H3. The van der Waals surface area contributed by atoms with E-state index in [1.807, 2.05) is 4.68 Å². The molecule has 0 unspecified atom stereocenters.